The monoisotopic (exact) mass is 318 g/mol. The Morgan fingerprint density at radius 1 is 0.889 bits per heavy atom. The van der Waals surface area contributed by atoms with Gasteiger partial charge in [-0.15, -0.1) is 0 Å². The number of anilines is 2. The van der Waals surface area contributed by atoms with Gasteiger partial charge in [-0.3, -0.25) is 0 Å². The summed E-state index contributed by atoms with van der Waals surface area (Å²) >= 11 is 0. The zero-order chi connectivity index (χ0) is 5.98. The van der Waals surface area contributed by atoms with Gasteiger partial charge in [0.15, 0.2) is 0 Å². The molecule has 0 aliphatic rings. The molecule has 3 heteroatoms. The molecule has 2 radical (unpaired) electrons. The van der Waals surface area contributed by atoms with E-state index < -0.39 is 0 Å². The van der Waals surface area contributed by atoms with Crippen molar-refractivity contribution < 1.29 is 0 Å². The fraction of sp³-hybridized carbons (Fsp3) is 0. The molecule has 0 unspecified atom stereocenters. The van der Waals surface area contributed by atoms with Gasteiger partial charge in [0.25, 0.3) is 0 Å². The third-order valence-corrected chi connectivity index (χ3v) is 0.996. The number of para-hydroxylation sites is 2. The molecule has 0 bridgehead atoms. The van der Waals surface area contributed by atoms with Gasteiger partial charge in [0.2, 0.25) is 0 Å². The number of hydrogen-bond donors (Lipinski definition) is 2. The van der Waals surface area contributed by atoms with Crippen LogP contribution in [0.5, 0.6) is 0 Å². The van der Waals surface area contributed by atoms with Crippen molar-refractivity contribution >= 4 is 38.7 Å². The van der Waals surface area contributed by atoms with Crippen LogP contribution in [-0.4, -0.2) is 27.3 Å². The molecule has 1 aromatic carbocycles. The van der Waals surface area contributed by atoms with Crippen LogP contribution in [0.15, 0.2) is 24.3 Å². The van der Waals surface area contributed by atoms with Crippen molar-refractivity contribution in [1.82, 2.24) is 0 Å². The number of nitrogens with two attached hydrogens (primary N) is 2. The molecule has 0 fully saturated rings. The summed E-state index contributed by atoms with van der Waals surface area (Å²) < 4.78 is 0. The Hall–Kier alpha value is -0.258. The number of benzene rings is 1. The zero-order valence-corrected chi connectivity index (χ0v) is 10.7. The molecule has 0 aromatic heterocycles. The van der Waals surface area contributed by atoms with Crippen molar-refractivity contribution in [2.75, 3.05) is 11.5 Å². The second-order valence-electron chi connectivity index (χ2n) is 1.63. The van der Waals surface area contributed by atoms with E-state index in [1.165, 1.54) is 0 Å². The summed E-state index contributed by atoms with van der Waals surface area (Å²) in [5.41, 5.74) is 12.1. The minimum atomic E-state index is 0. The molecule has 1 rings (SSSR count). The van der Waals surface area contributed by atoms with Crippen LogP contribution in [0.1, 0.15) is 0 Å². The van der Waals surface area contributed by atoms with E-state index in [0.717, 1.165) is 0 Å². The first-order valence-corrected chi connectivity index (χ1v) is 2.40. The van der Waals surface area contributed by atoms with E-state index in [1.54, 1.807) is 12.1 Å². The van der Waals surface area contributed by atoms with Gasteiger partial charge in [-0.2, -0.15) is 0 Å². The summed E-state index contributed by atoms with van der Waals surface area (Å²) in [6, 6.07) is 7.25. The van der Waals surface area contributed by atoms with Gasteiger partial charge in [-0.05, 0) is 12.1 Å². The van der Waals surface area contributed by atoms with Crippen LogP contribution in [0.3, 0.4) is 0 Å². The first kappa shape index (κ1) is 8.74. The molecule has 0 atom stereocenters. The van der Waals surface area contributed by atoms with E-state index in [9.17, 15) is 0 Å². The van der Waals surface area contributed by atoms with Gasteiger partial charge in [0, 0.05) is 0 Å². The summed E-state index contributed by atoms with van der Waals surface area (Å²) in [7, 11) is 0. The normalized spacial score (nSPS) is 8.00. The number of nitrogen functional groups attached to an aromatic ring is 2. The third kappa shape index (κ3) is 2.21. The molecule has 0 aliphatic heterocycles. The first-order chi connectivity index (χ1) is 3.80. The van der Waals surface area contributed by atoms with Crippen LogP contribution in [0, 0.1) is 0 Å². The van der Waals surface area contributed by atoms with E-state index in [2.05, 4.69) is 0 Å². The van der Waals surface area contributed by atoms with E-state index in [1.807, 2.05) is 12.1 Å². The molecule has 1 aromatic rings. The number of hydrogen-bond acceptors (Lipinski definition) is 2. The Morgan fingerprint density at radius 3 is 1.44 bits per heavy atom. The van der Waals surface area contributed by atoms with E-state index in [0.29, 0.717) is 11.4 Å². The summed E-state index contributed by atoms with van der Waals surface area (Å²) in [6.45, 7) is 0. The molecule has 48 valence electrons. The average molecular weight is 317 g/mol. The molecular formula is C6H10N2Pb. The average Bonchev–Trinajstić information content (AvgIpc) is 1.77. The van der Waals surface area contributed by atoms with Gasteiger partial charge >= 0.3 is 27.3 Å². The summed E-state index contributed by atoms with van der Waals surface area (Å²) in [6.07, 6.45) is 0. The van der Waals surface area contributed by atoms with Crippen molar-refractivity contribution in [2.45, 2.75) is 0 Å². The quantitative estimate of drug-likeness (QED) is 0.520. The molecule has 0 heterocycles. The van der Waals surface area contributed by atoms with Crippen LogP contribution < -0.4 is 11.5 Å². The van der Waals surface area contributed by atoms with Crippen molar-refractivity contribution in [1.29, 1.82) is 0 Å². The maximum absolute atomic E-state index is 5.39. The van der Waals surface area contributed by atoms with Gasteiger partial charge in [-0.1, -0.05) is 12.1 Å². The molecule has 9 heavy (non-hydrogen) atoms. The first-order valence-electron chi connectivity index (χ1n) is 2.40. The Balaban J connectivity index is 0.000000640. The Kier molecular flexibility index (Phi) is 3.60. The zero-order valence-electron chi connectivity index (χ0n) is 5.17. The van der Waals surface area contributed by atoms with Crippen LogP contribution in [0.2, 0.25) is 0 Å². The molecule has 4 N–H and O–H groups in total. The van der Waals surface area contributed by atoms with Crippen LogP contribution in [-0.2, 0) is 0 Å². The Labute approximate surface area is 74.4 Å². The van der Waals surface area contributed by atoms with E-state index in [4.69, 9.17) is 11.5 Å². The van der Waals surface area contributed by atoms with Gasteiger partial charge in [0.05, 0.1) is 11.4 Å². The number of rotatable bonds is 0. The fourth-order valence-electron chi connectivity index (χ4n) is 0.511. The predicted octanol–water partition coefficient (Wildman–Crippen LogP) is -0.0652. The molecule has 2 nitrogen and oxygen atoms in total. The van der Waals surface area contributed by atoms with Crippen molar-refractivity contribution in [3.05, 3.63) is 24.3 Å². The summed E-state index contributed by atoms with van der Waals surface area (Å²) in [5, 5.41) is 0. The molecule has 0 amide bonds. The topological polar surface area (TPSA) is 52.0 Å². The van der Waals surface area contributed by atoms with Gasteiger partial charge < -0.3 is 11.5 Å². The van der Waals surface area contributed by atoms with Gasteiger partial charge in [-0.25, -0.2) is 0 Å². The molecule has 0 saturated heterocycles. The predicted molar refractivity (Wildman–Crippen MR) is 43.8 cm³/mol. The Morgan fingerprint density at radius 2 is 1.22 bits per heavy atom. The van der Waals surface area contributed by atoms with Crippen LogP contribution in [0.4, 0.5) is 11.4 Å². The minimum absolute atomic E-state index is 0. The molecule has 0 spiro atoms. The second kappa shape index (κ2) is 3.71. The molecule has 0 saturated carbocycles. The maximum atomic E-state index is 5.39. The van der Waals surface area contributed by atoms with Crippen molar-refractivity contribution in [3.63, 3.8) is 0 Å². The molecular weight excluding hydrogens is 307 g/mol. The second-order valence-corrected chi connectivity index (χ2v) is 1.63. The van der Waals surface area contributed by atoms with Crippen LogP contribution in [0.25, 0.3) is 0 Å². The van der Waals surface area contributed by atoms with Crippen molar-refractivity contribution in [2.24, 2.45) is 0 Å². The van der Waals surface area contributed by atoms with Crippen molar-refractivity contribution in [3.8, 4) is 0 Å². The SMILES string of the molecule is Nc1ccccc1N.[PbH2]. The summed E-state index contributed by atoms with van der Waals surface area (Å²) in [5.74, 6) is 0. The third-order valence-electron chi connectivity index (χ3n) is 0.996. The molecule has 0 aliphatic carbocycles. The van der Waals surface area contributed by atoms with Crippen LogP contribution >= 0.6 is 0 Å². The van der Waals surface area contributed by atoms with E-state index >= 15 is 0 Å². The van der Waals surface area contributed by atoms with Gasteiger partial charge in [0.1, 0.15) is 0 Å². The Bertz CT molecular complexity index is 167. The standard InChI is InChI=1S/C6H8N2.Pb.2H/c7-5-3-1-2-4-6(5)8;;;/h1-4H,7-8H2;;;. The van der Waals surface area contributed by atoms with E-state index in [-0.39, 0.29) is 27.3 Å². The fourth-order valence-corrected chi connectivity index (χ4v) is 0.511. The summed E-state index contributed by atoms with van der Waals surface area (Å²) in [4.78, 5) is 0.